The number of imidazole rings is 1. The Morgan fingerprint density at radius 1 is 1.16 bits per heavy atom. The van der Waals surface area contributed by atoms with Crippen LogP contribution in [0.5, 0.6) is 0 Å². The summed E-state index contributed by atoms with van der Waals surface area (Å²) in [4.78, 5) is 35.0. The molecule has 6 heteroatoms. The van der Waals surface area contributed by atoms with E-state index in [-0.39, 0.29) is 11.9 Å². The van der Waals surface area contributed by atoms with Gasteiger partial charge in [0.2, 0.25) is 12.3 Å². The standard InChI is InChI=1S/C26H30N4O2/c1-18-9-8-10-19(2)21(18)15-22(28-17-31)26(32)30-14-7-6-13-24(30)25-27-16-23(29-25)20-11-4-3-5-12-20/h3-5,8-12,16-17,22,24H,6-7,13-15H2,1-2H3,(H,27,29)(H,28,31). The fourth-order valence-corrected chi connectivity index (χ4v) is 4.62. The Labute approximate surface area is 189 Å². The number of benzene rings is 2. The van der Waals surface area contributed by atoms with Crippen molar-refractivity contribution in [3.8, 4) is 11.3 Å². The van der Waals surface area contributed by atoms with Crippen molar-refractivity contribution in [2.45, 2.75) is 51.6 Å². The zero-order valence-electron chi connectivity index (χ0n) is 18.7. The molecule has 2 amide bonds. The molecule has 0 bridgehead atoms. The maximum Gasteiger partial charge on any atom is 0.246 e. The molecule has 0 aliphatic carbocycles. The predicted octanol–water partition coefficient (Wildman–Crippen LogP) is 4.10. The van der Waals surface area contributed by atoms with Gasteiger partial charge in [0.15, 0.2) is 0 Å². The molecule has 4 rings (SSSR count). The maximum absolute atomic E-state index is 13.6. The second kappa shape index (κ2) is 9.81. The Hall–Kier alpha value is -3.41. The Kier molecular flexibility index (Phi) is 6.69. The lowest BCUT2D eigenvalue weighted by molar-refractivity contribution is -0.138. The number of rotatable bonds is 7. The molecular weight excluding hydrogens is 400 g/mol. The van der Waals surface area contributed by atoms with Crippen LogP contribution in [0.2, 0.25) is 0 Å². The molecule has 2 atom stereocenters. The summed E-state index contributed by atoms with van der Waals surface area (Å²) in [7, 11) is 0. The molecule has 1 aromatic heterocycles. The third-order valence-electron chi connectivity index (χ3n) is 6.40. The van der Waals surface area contributed by atoms with Gasteiger partial charge in [0.1, 0.15) is 11.9 Å². The molecule has 0 saturated carbocycles. The number of nitrogens with zero attached hydrogens (tertiary/aromatic N) is 2. The molecule has 2 aromatic carbocycles. The van der Waals surface area contributed by atoms with Crippen LogP contribution in [0.3, 0.4) is 0 Å². The SMILES string of the molecule is Cc1cccc(C)c1CC(NC=O)C(=O)N1CCCCC1c1ncc(-c2ccccc2)[nH]1. The number of aryl methyl sites for hydroxylation is 2. The van der Waals surface area contributed by atoms with Crippen LogP contribution in [0.25, 0.3) is 11.3 Å². The molecule has 2 N–H and O–H groups in total. The van der Waals surface area contributed by atoms with E-state index < -0.39 is 6.04 Å². The fourth-order valence-electron chi connectivity index (χ4n) is 4.62. The summed E-state index contributed by atoms with van der Waals surface area (Å²) < 4.78 is 0. The van der Waals surface area contributed by atoms with E-state index >= 15 is 0 Å². The number of amides is 2. The van der Waals surface area contributed by atoms with Crippen LogP contribution in [0.4, 0.5) is 0 Å². The van der Waals surface area contributed by atoms with Gasteiger partial charge in [0.25, 0.3) is 0 Å². The largest absolute Gasteiger partial charge is 0.347 e. The van der Waals surface area contributed by atoms with E-state index in [2.05, 4.69) is 15.3 Å². The number of aromatic amines is 1. The first-order chi connectivity index (χ1) is 15.6. The highest BCUT2D eigenvalue weighted by Crippen LogP contribution is 2.31. The Morgan fingerprint density at radius 3 is 2.62 bits per heavy atom. The molecule has 1 saturated heterocycles. The zero-order valence-corrected chi connectivity index (χ0v) is 18.7. The summed E-state index contributed by atoms with van der Waals surface area (Å²) in [5, 5.41) is 2.78. The van der Waals surface area contributed by atoms with Crippen LogP contribution in [-0.4, -0.2) is 39.8 Å². The van der Waals surface area contributed by atoms with Gasteiger partial charge in [-0.2, -0.15) is 0 Å². The molecule has 1 aliphatic heterocycles. The molecule has 6 nitrogen and oxygen atoms in total. The smallest absolute Gasteiger partial charge is 0.246 e. The fraction of sp³-hybridized carbons (Fsp3) is 0.346. The van der Waals surface area contributed by atoms with E-state index in [1.54, 1.807) is 0 Å². The molecule has 0 spiro atoms. The van der Waals surface area contributed by atoms with Crippen LogP contribution < -0.4 is 5.32 Å². The van der Waals surface area contributed by atoms with Crippen LogP contribution in [0.1, 0.15) is 47.8 Å². The van der Waals surface area contributed by atoms with Crippen LogP contribution in [-0.2, 0) is 16.0 Å². The van der Waals surface area contributed by atoms with Crippen molar-refractivity contribution in [3.63, 3.8) is 0 Å². The molecule has 1 aliphatic rings. The number of aromatic nitrogens is 2. The number of H-pyrrole nitrogens is 1. The van der Waals surface area contributed by atoms with Crippen LogP contribution in [0, 0.1) is 13.8 Å². The number of carbonyl (C=O) groups is 2. The summed E-state index contributed by atoms with van der Waals surface area (Å²) in [5.74, 6) is 0.746. The minimum absolute atomic E-state index is 0.0536. The second-order valence-electron chi connectivity index (χ2n) is 8.50. The van der Waals surface area contributed by atoms with Gasteiger partial charge in [-0.15, -0.1) is 0 Å². The summed E-state index contributed by atoms with van der Waals surface area (Å²) in [6, 6.07) is 15.4. The quantitative estimate of drug-likeness (QED) is 0.554. The predicted molar refractivity (Wildman–Crippen MR) is 125 cm³/mol. The third-order valence-corrected chi connectivity index (χ3v) is 6.40. The normalized spacial score (nSPS) is 17.1. The number of carbonyl (C=O) groups excluding carboxylic acids is 2. The van der Waals surface area contributed by atoms with E-state index in [4.69, 9.17) is 0 Å². The third kappa shape index (κ3) is 4.59. The molecular formula is C26H30N4O2. The first kappa shape index (κ1) is 21.8. The van der Waals surface area contributed by atoms with E-state index in [1.807, 2.05) is 73.5 Å². The van der Waals surface area contributed by atoms with Crippen molar-refractivity contribution >= 4 is 12.3 Å². The Morgan fingerprint density at radius 2 is 1.91 bits per heavy atom. The minimum atomic E-state index is -0.601. The van der Waals surface area contributed by atoms with Crippen molar-refractivity contribution in [1.82, 2.24) is 20.2 Å². The number of piperidine rings is 1. The van der Waals surface area contributed by atoms with Gasteiger partial charge in [-0.3, -0.25) is 9.59 Å². The summed E-state index contributed by atoms with van der Waals surface area (Å²) in [6.45, 7) is 4.75. The van der Waals surface area contributed by atoms with Gasteiger partial charge in [-0.05, 0) is 55.4 Å². The highest BCUT2D eigenvalue weighted by atomic mass is 16.2. The molecule has 1 fully saturated rings. The monoisotopic (exact) mass is 430 g/mol. The molecule has 0 radical (unpaired) electrons. The number of likely N-dealkylation sites (tertiary alicyclic amines) is 1. The number of nitrogens with one attached hydrogen (secondary N) is 2. The van der Waals surface area contributed by atoms with Crippen molar-refractivity contribution in [2.24, 2.45) is 0 Å². The zero-order chi connectivity index (χ0) is 22.5. The lowest BCUT2D eigenvalue weighted by Gasteiger charge is -2.37. The highest BCUT2D eigenvalue weighted by Gasteiger charge is 2.34. The number of hydrogen-bond donors (Lipinski definition) is 2. The van der Waals surface area contributed by atoms with Gasteiger partial charge >= 0.3 is 0 Å². The van der Waals surface area contributed by atoms with Crippen molar-refractivity contribution in [3.05, 3.63) is 77.2 Å². The van der Waals surface area contributed by atoms with E-state index in [9.17, 15) is 9.59 Å². The lowest BCUT2D eigenvalue weighted by Crippen LogP contribution is -2.50. The second-order valence-corrected chi connectivity index (χ2v) is 8.50. The van der Waals surface area contributed by atoms with E-state index in [0.717, 1.165) is 53.0 Å². The average Bonchev–Trinajstić information content (AvgIpc) is 3.31. The topological polar surface area (TPSA) is 78.1 Å². The lowest BCUT2D eigenvalue weighted by atomic mass is 9.94. The number of hydrogen-bond acceptors (Lipinski definition) is 3. The molecule has 166 valence electrons. The average molecular weight is 431 g/mol. The Balaban J connectivity index is 1.58. The van der Waals surface area contributed by atoms with Gasteiger partial charge < -0.3 is 15.2 Å². The minimum Gasteiger partial charge on any atom is -0.347 e. The van der Waals surface area contributed by atoms with Crippen LogP contribution in [0.15, 0.2) is 54.7 Å². The molecule has 3 aromatic rings. The Bertz CT molecular complexity index is 1060. The summed E-state index contributed by atoms with van der Waals surface area (Å²) >= 11 is 0. The maximum atomic E-state index is 13.6. The molecule has 2 unspecified atom stereocenters. The molecule has 32 heavy (non-hydrogen) atoms. The van der Waals surface area contributed by atoms with Crippen LogP contribution >= 0.6 is 0 Å². The van der Waals surface area contributed by atoms with Gasteiger partial charge in [0, 0.05) is 13.0 Å². The van der Waals surface area contributed by atoms with E-state index in [0.29, 0.717) is 19.4 Å². The van der Waals surface area contributed by atoms with Crippen molar-refractivity contribution in [1.29, 1.82) is 0 Å². The highest BCUT2D eigenvalue weighted by molar-refractivity contribution is 5.84. The first-order valence-corrected chi connectivity index (χ1v) is 11.2. The molecule has 2 heterocycles. The summed E-state index contributed by atoms with van der Waals surface area (Å²) in [5.41, 5.74) is 5.37. The van der Waals surface area contributed by atoms with Crippen molar-refractivity contribution in [2.75, 3.05) is 6.54 Å². The summed E-state index contributed by atoms with van der Waals surface area (Å²) in [6.07, 6.45) is 5.79. The first-order valence-electron chi connectivity index (χ1n) is 11.2. The van der Waals surface area contributed by atoms with Gasteiger partial charge in [-0.25, -0.2) is 4.98 Å². The van der Waals surface area contributed by atoms with Gasteiger partial charge in [-0.1, -0.05) is 48.5 Å². The van der Waals surface area contributed by atoms with Crippen molar-refractivity contribution < 1.29 is 9.59 Å². The van der Waals surface area contributed by atoms with E-state index in [1.165, 1.54) is 0 Å². The van der Waals surface area contributed by atoms with Gasteiger partial charge in [0.05, 0.1) is 17.9 Å².